The van der Waals surface area contributed by atoms with Crippen LogP contribution >= 0.6 is 0 Å². The van der Waals surface area contributed by atoms with E-state index in [-0.39, 0.29) is 24.1 Å². The van der Waals surface area contributed by atoms with Crippen molar-refractivity contribution >= 4 is 29.1 Å². The average molecular weight is 435 g/mol. The van der Waals surface area contributed by atoms with Crippen molar-refractivity contribution in [1.82, 2.24) is 20.5 Å². The van der Waals surface area contributed by atoms with Crippen molar-refractivity contribution in [3.05, 3.63) is 53.3 Å². The Labute approximate surface area is 186 Å². The summed E-state index contributed by atoms with van der Waals surface area (Å²) in [5.74, 6) is -0.820. The molecule has 3 aliphatic heterocycles. The van der Waals surface area contributed by atoms with Gasteiger partial charge in [-0.15, -0.1) is 0 Å². The third-order valence-electron chi connectivity index (χ3n) is 6.30. The van der Waals surface area contributed by atoms with Crippen LogP contribution in [0.5, 0.6) is 0 Å². The van der Waals surface area contributed by atoms with Crippen LogP contribution in [0.4, 0.5) is 11.4 Å². The van der Waals surface area contributed by atoms with Gasteiger partial charge in [0.15, 0.2) is 0 Å². The highest BCUT2D eigenvalue weighted by Crippen LogP contribution is 2.28. The predicted octanol–water partition coefficient (Wildman–Crippen LogP) is 0.864. The Bertz CT molecular complexity index is 1070. The minimum absolute atomic E-state index is 0.154. The molecular formula is C23H26N6O3. The van der Waals surface area contributed by atoms with Crippen LogP contribution in [0.2, 0.25) is 0 Å². The molecule has 166 valence electrons. The maximum Gasteiger partial charge on any atom is 0.255 e. The van der Waals surface area contributed by atoms with E-state index in [1.807, 2.05) is 24.4 Å². The van der Waals surface area contributed by atoms with E-state index < -0.39 is 6.04 Å². The van der Waals surface area contributed by atoms with Crippen LogP contribution < -0.4 is 20.9 Å². The number of rotatable bonds is 5. The standard InChI is InChI=1S/C23H26N6O3/c30-21-4-3-20(22(31)27-21)29-14-16-2-1-15(9-19(16)23(29)32)11-26-17-10-18(13-25-12-17)28-7-5-24-6-8-28/h1-2,9-10,12-13,20,24,26H,3-8,11,14H2,(H,27,30,31). The van der Waals surface area contributed by atoms with Gasteiger partial charge in [-0.3, -0.25) is 24.7 Å². The van der Waals surface area contributed by atoms with Crippen molar-refractivity contribution in [3.8, 4) is 0 Å². The number of benzene rings is 1. The third-order valence-corrected chi connectivity index (χ3v) is 6.30. The number of anilines is 2. The van der Waals surface area contributed by atoms with E-state index in [1.165, 1.54) is 0 Å². The number of hydrogen-bond donors (Lipinski definition) is 3. The van der Waals surface area contributed by atoms with Crippen molar-refractivity contribution in [3.63, 3.8) is 0 Å². The highest BCUT2D eigenvalue weighted by molar-refractivity contribution is 6.05. The second-order valence-electron chi connectivity index (χ2n) is 8.41. The lowest BCUT2D eigenvalue weighted by Gasteiger charge is -2.29. The number of carbonyl (C=O) groups is 3. The lowest BCUT2D eigenvalue weighted by Crippen LogP contribution is -2.52. The van der Waals surface area contributed by atoms with Gasteiger partial charge in [-0.2, -0.15) is 0 Å². The second-order valence-corrected chi connectivity index (χ2v) is 8.41. The highest BCUT2D eigenvalue weighted by Gasteiger charge is 2.39. The van der Waals surface area contributed by atoms with Crippen molar-refractivity contribution in [2.24, 2.45) is 0 Å². The average Bonchev–Trinajstić information content (AvgIpc) is 3.14. The number of carbonyl (C=O) groups excluding carboxylic acids is 3. The van der Waals surface area contributed by atoms with Crippen LogP contribution in [0.1, 0.15) is 34.3 Å². The Kier molecular flexibility index (Phi) is 5.48. The summed E-state index contributed by atoms with van der Waals surface area (Å²) in [6.45, 7) is 4.81. The maximum atomic E-state index is 13.0. The molecule has 0 aliphatic carbocycles. The van der Waals surface area contributed by atoms with E-state index >= 15 is 0 Å². The molecule has 0 radical (unpaired) electrons. The SMILES string of the molecule is O=C1CCC(N2Cc3ccc(CNc4cncc(N5CCNCC5)c4)cc3C2=O)C(=O)N1. The number of piperazine rings is 1. The Morgan fingerprint density at radius 2 is 1.94 bits per heavy atom. The summed E-state index contributed by atoms with van der Waals surface area (Å²) in [5.41, 5.74) is 4.54. The number of aromatic nitrogens is 1. The zero-order chi connectivity index (χ0) is 22.1. The first kappa shape index (κ1) is 20.4. The molecule has 3 N–H and O–H groups in total. The minimum Gasteiger partial charge on any atom is -0.380 e. The van der Waals surface area contributed by atoms with Gasteiger partial charge in [0.2, 0.25) is 11.8 Å². The van der Waals surface area contributed by atoms with Gasteiger partial charge in [0, 0.05) is 51.3 Å². The zero-order valence-electron chi connectivity index (χ0n) is 17.8. The lowest BCUT2D eigenvalue weighted by molar-refractivity contribution is -0.136. The molecule has 4 heterocycles. The Morgan fingerprint density at radius 3 is 2.75 bits per heavy atom. The Morgan fingerprint density at radius 1 is 1.09 bits per heavy atom. The number of imide groups is 1. The fraction of sp³-hybridized carbons (Fsp3) is 0.391. The summed E-state index contributed by atoms with van der Waals surface area (Å²) in [4.78, 5) is 44.9. The number of hydrogen-bond acceptors (Lipinski definition) is 7. The first-order valence-corrected chi connectivity index (χ1v) is 11.0. The first-order valence-electron chi connectivity index (χ1n) is 11.0. The molecule has 0 spiro atoms. The summed E-state index contributed by atoms with van der Waals surface area (Å²) in [7, 11) is 0. The molecule has 1 aromatic heterocycles. The number of piperidine rings is 1. The molecule has 3 aliphatic rings. The van der Waals surface area contributed by atoms with Crippen LogP contribution in [0.3, 0.4) is 0 Å². The largest absolute Gasteiger partial charge is 0.380 e. The van der Waals surface area contributed by atoms with Crippen LogP contribution in [0.25, 0.3) is 0 Å². The summed E-state index contributed by atoms with van der Waals surface area (Å²) in [6.07, 6.45) is 4.31. The van der Waals surface area contributed by atoms with E-state index in [0.29, 0.717) is 25.1 Å². The molecule has 9 nitrogen and oxygen atoms in total. The van der Waals surface area contributed by atoms with Crippen molar-refractivity contribution in [1.29, 1.82) is 0 Å². The summed E-state index contributed by atoms with van der Waals surface area (Å²) < 4.78 is 0. The minimum atomic E-state index is -0.590. The van der Waals surface area contributed by atoms with Crippen molar-refractivity contribution in [2.45, 2.75) is 32.0 Å². The fourth-order valence-electron chi connectivity index (χ4n) is 4.54. The van der Waals surface area contributed by atoms with Crippen LogP contribution in [0, 0.1) is 0 Å². The van der Waals surface area contributed by atoms with Crippen molar-refractivity contribution in [2.75, 3.05) is 36.4 Å². The molecule has 9 heteroatoms. The van der Waals surface area contributed by atoms with Gasteiger partial charge in [0.05, 0.1) is 23.8 Å². The molecule has 2 aromatic rings. The molecule has 32 heavy (non-hydrogen) atoms. The summed E-state index contributed by atoms with van der Waals surface area (Å²) in [5, 5.41) is 9.09. The van der Waals surface area contributed by atoms with E-state index in [0.717, 1.165) is 48.7 Å². The number of fused-ring (bicyclic) bond motifs is 1. The molecule has 1 aromatic carbocycles. The van der Waals surface area contributed by atoms with Gasteiger partial charge >= 0.3 is 0 Å². The maximum absolute atomic E-state index is 13.0. The molecule has 1 atom stereocenters. The number of pyridine rings is 1. The number of amides is 3. The number of nitrogens with one attached hydrogen (secondary N) is 3. The molecule has 1 unspecified atom stereocenters. The van der Waals surface area contributed by atoms with Crippen LogP contribution in [-0.2, 0) is 22.7 Å². The predicted molar refractivity (Wildman–Crippen MR) is 119 cm³/mol. The normalized spacial score (nSPS) is 20.9. The Balaban J connectivity index is 1.25. The van der Waals surface area contributed by atoms with Gasteiger partial charge in [-0.25, -0.2) is 0 Å². The van der Waals surface area contributed by atoms with Crippen LogP contribution in [0.15, 0.2) is 36.7 Å². The highest BCUT2D eigenvalue weighted by atomic mass is 16.2. The van der Waals surface area contributed by atoms with E-state index in [9.17, 15) is 14.4 Å². The van der Waals surface area contributed by atoms with Gasteiger partial charge in [0.1, 0.15) is 6.04 Å². The first-order chi connectivity index (χ1) is 15.6. The molecule has 3 amide bonds. The quantitative estimate of drug-likeness (QED) is 0.600. The second kappa shape index (κ2) is 8.58. The molecule has 0 bridgehead atoms. The van der Waals surface area contributed by atoms with E-state index in [1.54, 1.807) is 11.1 Å². The molecule has 2 saturated heterocycles. The molecular weight excluding hydrogens is 408 g/mol. The molecule has 2 fully saturated rings. The molecule has 5 rings (SSSR count). The Hall–Kier alpha value is -3.46. The van der Waals surface area contributed by atoms with E-state index in [2.05, 4.69) is 31.9 Å². The summed E-state index contributed by atoms with van der Waals surface area (Å²) in [6, 6.07) is 7.35. The lowest BCUT2D eigenvalue weighted by atomic mass is 10.0. The van der Waals surface area contributed by atoms with Crippen LogP contribution in [-0.4, -0.2) is 59.8 Å². The smallest absolute Gasteiger partial charge is 0.255 e. The van der Waals surface area contributed by atoms with E-state index in [4.69, 9.17) is 0 Å². The third kappa shape index (κ3) is 4.03. The van der Waals surface area contributed by atoms with Gasteiger partial charge in [0.25, 0.3) is 5.91 Å². The van der Waals surface area contributed by atoms with Gasteiger partial charge in [-0.1, -0.05) is 12.1 Å². The van der Waals surface area contributed by atoms with Gasteiger partial charge < -0.3 is 20.4 Å². The summed E-state index contributed by atoms with van der Waals surface area (Å²) >= 11 is 0. The zero-order valence-corrected chi connectivity index (χ0v) is 17.8. The van der Waals surface area contributed by atoms with Crippen molar-refractivity contribution < 1.29 is 14.4 Å². The molecule has 0 saturated carbocycles. The monoisotopic (exact) mass is 434 g/mol. The fourth-order valence-corrected chi connectivity index (χ4v) is 4.54. The topological polar surface area (TPSA) is 107 Å². The van der Waals surface area contributed by atoms with Gasteiger partial charge in [-0.05, 0) is 29.7 Å². The number of nitrogens with zero attached hydrogens (tertiary/aromatic N) is 3.